The Morgan fingerprint density at radius 1 is 1.13 bits per heavy atom. The van der Waals surface area contributed by atoms with Crippen molar-refractivity contribution in [1.82, 2.24) is 4.90 Å². The van der Waals surface area contributed by atoms with Crippen molar-refractivity contribution >= 4 is 5.78 Å². The lowest BCUT2D eigenvalue weighted by molar-refractivity contribution is -0.129. The summed E-state index contributed by atoms with van der Waals surface area (Å²) in [6, 6.07) is 1.23. The Morgan fingerprint density at radius 2 is 1.80 bits per heavy atom. The summed E-state index contributed by atoms with van der Waals surface area (Å²) in [6.07, 6.45) is 7.66. The molecule has 0 aromatic rings. The molecule has 1 saturated heterocycles. The first kappa shape index (κ1) is 11.1. The van der Waals surface area contributed by atoms with Gasteiger partial charge >= 0.3 is 0 Å². The van der Waals surface area contributed by atoms with Crippen molar-refractivity contribution in [3.05, 3.63) is 0 Å². The van der Waals surface area contributed by atoms with Gasteiger partial charge in [-0.2, -0.15) is 0 Å². The molecule has 2 nitrogen and oxygen atoms in total. The minimum Gasteiger partial charge on any atom is -0.299 e. The third-order valence-corrected chi connectivity index (χ3v) is 4.41. The first-order valence-electron chi connectivity index (χ1n) is 6.48. The van der Waals surface area contributed by atoms with E-state index in [1.54, 1.807) is 0 Å². The van der Waals surface area contributed by atoms with Crippen LogP contribution in [0.2, 0.25) is 0 Å². The molecule has 2 fully saturated rings. The van der Waals surface area contributed by atoms with Crippen LogP contribution in [0.15, 0.2) is 0 Å². The predicted molar refractivity (Wildman–Crippen MR) is 61.8 cm³/mol. The smallest absolute Gasteiger partial charge is 0.138 e. The van der Waals surface area contributed by atoms with Gasteiger partial charge in [0.2, 0.25) is 0 Å². The van der Waals surface area contributed by atoms with Crippen LogP contribution in [0.5, 0.6) is 0 Å². The lowest BCUT2D eigenvalue weighted by Crippen LogP contribution is -2.51. The Labute approximate surface area is 93.0 Å². The maximum absolute atomic E-state index is 11.6. The minimum absolute atomic E-state index is 0.251. The average Bonchev–Trinajstić information content (AvgIpc) is 2.27. The summed E-state index contributed by atoms with van der Waals surface area (Å²) in [4.78, 5) is 14.2. The number of carbonyl (C=O) groups excluding carboxylic acids is 1. The van der Waals surface area contributed by atoms with E-state index >= 15 is 0 Å². The lowest BCUT2D eigenvalue weighted by atomic mass is 9.86. The molecule has 0 bridgehead atoms. The van der Waals surface area contributed by atoms with Gasteiger partial charge in [-0.05, 0) is 19.8 Å². The van der Waals surface area contributed by atoms with Crippen molar-refractivity contribution in [3.8, 4) is 0 Å². The standard InChI is InChI=1S/C13H23NO/c1-10-11(2)14(9-8-13(10)15)12-6-4-3-5-7-12/h10-12H,3-9H2,1-2H3. The number of rotatable bonds is 1. The molecule has 2 unspecified atom stereocenters. The molecule has 1 aliphatic heterocycles. The molecule has 0 aromatic heterocycles. The summed E-state index contributed by atoms with van der Waals surface area (Å²) in [5.74, 6) is 0.718. The summed E-state index contributed by atoms with van der Waals surface area (Å²) in [6.45, 7) is 5.34. The van der Waals surface area contributed by atoms with E-state index in [0.717, 1.165) is 19.0 Å². The Balaban J connectivity index is 1.99. The molecule has 0 N–H and O–H groups in total. The fourth-order valence-electron chi connectivity index (χ4n) is 3.15. The van der Waals surface area contributed by atoms with Crippen LogP contribution in [0.4, 0.5) is 0 Å². The van der Waals surface area contributed by atoms with Crippen molar-refractivity contribution in [3.63, 3.8) is 0 Å². The molecule has 86 valence electrons. The van der Waals surface area contributed by atoms with Crippen molar-refractivity contribution in [2.45, 2.75) is 64.5 Å². The molecule has 1 heterocycles. The zero-order chi connectivity index (χ0) is 10.8. The first-order chi connectivity index (χ1) is 7.20. The Bertz CT molecular complexity index is 233. The summed E-state index contributed by atoms with van der Waals surface area (Å²) in [5, 5.41) is 0. The molecule has 2 aliphatic rings. The van der Waals surface area contributed by atoms with Gasteiger partial charge in [-0.15, -0.1) is 0 Å². The number of piperidine rings is 1. The van der Waals surface area contributed by atoms with Crippen molar-refractivity contribution < 1.29 is 4.79 Å². The number of hydrogen-bond acceptors (Lipinski definition) is 2. The van der Waals surface area contributed by atoms with Gasteiger partial charge in [-0.1, -0.05) is 26.2 Å². The number of carbonyl (C=O) groups is 1. The van der Waals surface area contributed by atoms with Crippen LogP contribution in [0, 0.1) is 5.92 Å². The molecule has 2 rings (SSSR count). The van der Waals surface area contributed by atoms with Gasteiger partial charge in [0.05, 0.1) is 0 Å². The molecular weight excluding hydrogens is 186 g/mol. The summed E-state index contributed by atoms with van der Waals surface area (Å²) in [5.41, 5.74) is 0. The molecule has 0 amide bonds. The van der Waals surface area contributed by atoms with Crippen molar-refractivity contribution in [2.75, 3.05) is 6.54 Å². The Kier molecular flexibility index (Phi) is 3.45. The largest absolute Gasteiger partial charge is 0.299 e. The highest BCUT2D eigenvalue weighted by Crippen LogP contribution is 2.29. The van der Waals surface area contributed by atoms with E-state index in [-0.39, 0.29) is 5.92 Å². The second-order valence-corrected chi connectivity index (χ2v) is 5.28. The van der Waals surface area contributed by atoms with Crippen molar-refractivity contribution in [2.24, 2.45) is 5.92 Å². The third kappa shape index (κ3) is 2.25. The SMILES string of the molecule is CC1C(=O)CCN(C2CCCCC2)C1C. The highest BCUT2D eigenvalue weighted by atomic mass is 16.1. The maximum Gasteiger partial charge on any atom is 0.138 e. The molecule has 1 aliphatic carbocycles. The summed E-state index contributed by atoms with van der Waals surface area (Å²) >= 11 is 0. The number of Topliss-reactive ketones (excluding diaryl/α,β-unsaturated/α-hetero) is 1. The summed E-state index contributed by atoms with van der Waals surface area (Å²) < 4.78 is 0. The molecule has 2 heteroatoms. The van der Waals surface area contributed by atoms with Gasteiger partial charge in [0.15, 0.2) is 0 Å². The molecule has 1 saturated carbocycles. The predicted octanol–water partition coefficient (Wildman–Crippen LogP) is 2.62. The minimum atomic E-state index is 0.251. The van der Waals surface area contributed by atoms with E-state index < -0.39 is 0 Å². The van der Waals surface area contributed by atoms with E-state index in [9.17, 15) is 4.79 Å². The zero-order valence-corrected chi connectivity index (χ0v) is 10.0. The average molecular weight is 209 g/mol. The molecule has 0 spiro atoms. The van der Waals surface area contributed by atoms with Gasteiger partial charge < -0.3 is 0 Å². The van der Waals surface area contributed by atoms with Gasteiger partial charge in [0.25, 0.3) is 0 Å². The van der Waals surface area contributed by atoms with Crippen LogP contribution < -0.4 is 0 Å². The van der Waals surface area contributed by atoms with Crippen molar-refractivity contribution in [1.29, 1.82) is 0 Å². The molecule has 0 aromatic carbocycles. The quantitative estimate of drug-likeness (QED) is 0.661. The summed E-state index contributed by atoms with van der Waals surface area (Å²) in [7, 11) is 0. The molecule has 0 radical (unpaired) electrons. The monoisotopic (exact) mass is 209 g/mol. The highest BCUT2D eigenvalue weighted by Gasteiger charge is 2.34. The van der Waals surface area contributed by atoms with Gasteiger partial charge in [-0.25, -0.2) is 0 Å². The van der Waals surface area contributed by atoms with Crippen LogP contribution in [0.25, 0.3) is 0 Å². The van der Waals surface area contributed by atoms with E-state index in [1.165, 1.54) is 32.1 Å². The van der Waals surface area contributed by atoms with E-state index in [4.69, 9.17) is 0 Å². The Morgan fingerprint density at radius 3 is 2.47 bits per heavy atom. The van der Waals surface area contributed by atoms with Crippen LogP contribution in [-0.2, 0) is 4.79 Å². The van der Waals surface area contributed by atoms with Crippen LogP contribution >= 0.6 is 0 Å². The van der Waals surface area contributed by atoms with Crippen LogP contribution in [0.3, 0.4) is 0 Å². The van der Waals surface area contributed by atoms with Gasteiger partial charge in [0, 0.05) is 31.0 Å². The number of ketones is 1. The first-order valence-corrected chi connectivity index (χ1v) is 6.48. The normalized spacial score (nSPS) is 35.7. The number of hydrogen-bond donors (Lipinski definition) is 0. The van der Waals surface area contributed by atoms with Crippen LogP contribution in [-0.4, -0.2) is 29.3 Å². The second-order valence-electron chi connectivity index (χ2n) is 5.28. The second kappa shape index (κ2) is 4.65. The van der Waals surface area contributed by atoms with E-state index in [0.29, 0.717) is 11.8 Å². The fraction of sp³-hybridized carbons (Fsp3) is 0.923. The van der Waals surface area contributed by atoms with E-state index in [2.05, 4.69) is 18.7 Å². The third-order valence-electron chi connectivity index (χ3n) is 4.41. The lowest BCUT2D eigenvalue weighted by Gasteiger charge is -2.43. The van der Waals surface area contributed by atoms with Gasteiger partial charge in [-0.3, -0.25) is 9.69 Å². The zero-order valence-electron chi connectivity index (χ0n) is 10.0. The number of likely N-dealkylation sites (tertiary alicyclic amines) is 1. The molecule has 2 atom stereocenters. The molecule has 15 heavy (non-hydrogen) atoms. The van der Waals surface area contributed by atoms with E-state index in [1.807, 2.05) is 0 Å². The van der Waals surface area contributed by atoms with Gasteiger partial charge in [0.1, 0.15) is 5.78 Å². The maximum atomic E-state index is 11.6. The topological polar surface area (TPSA) is 20.3 Å². The fourth-order valence-corrected chi connectivity index (χ4v) is 3.15. The number of nitrogens with zero attached hydrogens (tertiary/aromatic N) is 1. The van der Waals surface area contributed by atoms with Crippen LogP contribution in [0.1, 0.15) is 52.4 Å². The Hall–Kier alpha value is -0.370. The molecular formula is C13H23NO. The highest BCUT2D eigenvalue weighted by molar-refractivity contribution is 5.82.